The molecule has 0 radical (unpaired) electrons. The maximum atomic E-state index is 11.1. The third kappa shape index (κ3) is 4.36. The van der Waals surface area contributed by atoms with Gasteiger partial charge in [-0.25, -0.2) is 4.79 Å². The zero-order valence-electron chi connectivity index (χ0n) is 23.2. The number of hydrazone groups is 1. The molecule has 6 unspecified atom stereocenters. The van der Waals surface area contributed by atoms with Crippen LogP contribution in [-0.4, -0.2) is 51.3 Å². The van der Waals surface area contributed by atoms with E-state index in [9.17, 15) is 20.0 Å². The van der Waals surface area contributed by atoms with E-state index >= 15 is 0 Å². The summed E-state index contributed by atoms with van der Waals surface area (Å²) in [6, 6.07) is 2.60. The molecule has 216 valence electrons. The van der Waals surface area contributed by atoms with Crippen molar-refractivity contribution in [1.82, 2.24) is 10.2 Å². The fraction of sp³-hybridized carbons (Fsp3) is 0.567. The number of allylic oxidation sites excluding steroid dienone is 1. The summed E-state index contributed by atoms with van der Waals surface area (Å²) < 4.78 is 14.9. The van der Waals surface area contributed by atoms with E-state index in [2.05, 4.69) is 40.8 Å². The summed E-state index contributed by atoms with van der Waals surface area (Å²) in [7, 11) is 0. The van der Waals surface area contributed by atoms with Crippen molar-refractivity contribution in [3.63, 3.8) is 0 Å². The maximum absolute atomic E-state index is 11.1. The third-order valence-electron chi connectivity index (χ3n) is 10.5. The highest BCUT2D eigenvalue weighted by atomic mass is 16.6. The van der Waals surface area contributed by atoms with Crippen LogP contribution in [0, 0.1) is 51.0 Å². The van der Waals surface area contributed by atoms with Crippen molar-refractivity contribution in [2.75, 3.05) is 13.2 Å². The zero-order chi connectivity index (χ0) is 29.0. The van der Waals surface area contributed by atoms with Gasteiger partial charge in [-0.05, 0) is 80.3 Å². The van der Waals surface area contributed by atoms with Crippen LogP contribution in [0.3, 0.4) is 0 Å². The number of furan rings is 1. The van der Waals surface area contributed by atoms with Gasteiger partial charge in [0, 0.05) is 11.0 Å². The Morgan fingerprint density at radius 1 is 1.27 bits per heavy atom. The van der Waals surface area contributed by atoms with Gasteiger partial charge in [-0.1, -0.05) is 30.5 Å². The molecule has 3 saturated carbocycles. The predicted molar refractivity (Wildman–Crippen MR) is 147 cm³/mol. The second-order valence-electron chi connectivity index (χ2n) is 12.3. The van der Waals surface area contributed by atoms with Gasteiger partial charge in [0.25, 0.3) is 0 Å². The van der Waals surface area contributed by atoms with Crippen molar-refractivity contribution in [3.05, 3.63) is 51.1 Å². The van der Waals surface area contributed by atoms with Crippen molar-refractivity contribution < 1.29 is 28.5 Å². The summed E-state index contributed by atoms with van der Waals surface area (Å²) in [6.45, 7) is 5.36. The molecule has 0 spiro atoms. The Bertz CT molecular complexity index is 1470. The van der Waals surface area contributed by atoms with Crippen molar-refractivity contribution in [1.29, 1.82) is 0 Å². The second-order valence-corrected chi connectivity index (χ2v) is 12.3. The van der Waals surface area contributed by atoms with Gasteiger partial charge in [0.1, 0.15) is 17.1 Å². The lowest BCUT2D eigenvalue weighted by Gasteiger charge is -2.58. The number of fused-ring (bicyclic) bond motifs is 6. The van der Waals surface area contributed by atoms with E-state index < -0.39 is 16.6 Å². The van der Waals surface area contributed by atoms with E-state index in [1.54, 1.807) is 5.57 Å². The molecule has 11 heteroatoms. The first-order valence-electron chi connectivity index (χ1n) is 14.2. The summed E-state index contributed by atoms with van der Waals surface area (Å²) in [4.78, 5) is 20.6. The molecule has 0 bridgehead atoms. The first kappa shape index (κ1) is 27.3. The Morgan fingerprint density at radius 2 is 2.07 bits per heavy atom. The van der Waals surface area contributed by atoms with E-state index in [1.165, 1.54) is 30.3 Å². The minimum atomic E-state index is -0.909. The molecule has 6 atom stereocenters. The second kappa shape index (κ2) is 9.87. The zero-order valence-corrected chi connectivity index (χ0v) is 23.2. The van der Waals surface area contributed by atoms with E-state index in [-0.39, 0.29) is 29.1 Å². The Kier molecular flexibility index (Phi) is 6.57. The molecule has 4 fully saturated rings. The van der Waals surface area contributed by atoms with Crippen LogP contribution in [0.5, 0.6) is 0 Å². The lowest BCUT2D eigenvalue weighted by molar-refractivity contribution is -0.402. The van der Waals surface area contributed by atoms with Crippen molar-refractivity contribution >= 4 is 24.3 Å². The minimum absolute atomic E-state index is 0.114. The van der Waals surface area contributed by atoms with Gasteiger partial charge in [0.15, 0.2) is 11.5 Å². The van der Waals surface area contributed by atoms with E-state index in [0.717, 1.165) is 49.3 Å². The average molecular weight is 563 g/mol. The van der Waals surface area contributed by atoms with Crippen LogP contribution >= 0.6 is 0 Å². The van der Waals surface area contributed by atoms with Crippen LogP contribution in [0.15, 0.2) is 37.9 Å². The monoisotopic (exact) mass is 562 g/mol. The first-order valence-corrected chi connectivity index (χ1v) is 14.2. The summed E-state index contributed by atoms with van der Waals surface area (Å²) in [6.07, 6.45) is 18.1. The first-order chi connectivity index (χ1) is 19.6. The largest absolute Gasteiger partial charge is 0.446 e. The summed E-state index contributed by atoms with van der Waals surface area (Å²) >= 11 is 0. The van der Waals surface area contributed by atoms with E-state index in [1.807, 2.05) is 6.20 Å². The van der Waals surface area contributed by atoms with Crippen LogP contribution in [0.1, 0.15) is 69.5 Å². The molecule has 41 heavy (non-hydrogen) atoms. The lowest BCUT2D eigenvalue weighted by Crippen LogP contribution is -2.54. The number of rotatable bonds is 3. The molecule has 1 amide bonds. The molecule has 0 aromatic carbocycles. The Balaban J connectivity index is 0.000000164. The number of aliphatic hydroxyl groups is 1. The number of hydrogen-bond donors (Lipinski definition) is 1. The molecule has 4 aliphatic carbocycles. The average Bonchev–Trinajstić information content (AvgIpc) is 3.74. The van der Waals surface area contributed by atoms with Crippen molar-refractivity contribution in [2.24, 2.45) is 33.7 Å². The number of cyclic esters (lactones) is 1. The van der Waals surface area contributed by atoms with Crippen LogP contribution in [-0.2, 0) is 11.2 Å². The van der Waals surface area contributed by atoms with Crippen LogP contribution in [0.25, 0.3) is 6.08 Å². The van der Waals surface area contributed by atoms with Gasteiger partial charge in [-0.3, -0.25) is 10.1 Å². The minimum Gasteiger partial charge on any atom is -0.446 e. The van der Waals surface area contributed by atoms with Gasteiger partial charge in [-0.15, -0.1) is 6.42 Å². The molecule has 2 aromatic heterocycles. The predicted octanol–water partition coefficient (Wildman–Crippen LogP) is 5.19. The number of aromatic nitrogens is 1. The fourth-order valence-electron chi connectivity index (χ4n) is 8.26. The number of terminal acetylenes is 1. The van der Waals surface area contributed by atoms with Gasteiger partial charge in [-0.2, -0.15) is 10.1 Å². The molecule has 5 aliphatic rings. The third-order valence-corrected chi connectivity index (χ3v) is 10.5. The lowest BCUT2D eigenvalue weighted by atomic mass is 9.46. The molecular formula is C30H34N4O7. The molecule has 1 aliphatic heterocycles. The summed E-state index contributed by atoms with van der Waals surface area (Å²) in [5, 5.41) is 30.3. The summed E-state index contributed by atoms with van der Waals surface area (Å²) in [5.74, 6) is 5.47. The van der Waals surface area contributed by atoms with Crippen LogP contribution in [0.2, 0.25) is 0 Å². The number of nitrogens with zero attached hydrogens (tertiary/aromatic N) is 4. The quantitative estimate of drug-likeness (QED) is 0.233. The molecule has 1 N–H and O–H groups in total. The van der Waals surface area contributed by atoms with Gasteiger partial charge in [0.05, 0.1) is 25.0 Å². The number of hydrogen-bond acceptors (Lipinski definition) is 9. The maximum Gasteiger partial charge on any atom is 0.433 e. The van der Waals surface area contributed by atoms with Gasteiger partial charge < -0.3 is 18.8 Å². The fourth-order valence-corrected chi connectivity index (χ4v) is 8.26. The van der Waals surface area contributed by atoms with Gasteiger partial charge in [0.2, 0.25) is 0 Å². The number of carbonyl (C=O) groups is 1. The Hall–Kier alpha value is -3.91. The molecule has 7 rings (SSSR count). The standard InChI is InChI=1S/C22H27NO2.C8H7N3O5/c1-4-22(24)10-8-18-16-6-5-15-11-19-14(13-23-25-19)12-20(15,2)17(16)7-9-21(18,22)3;12-8-10(3-4-15-8)9-5-6-1-2-7(16-6)11(13)14/h1,11,13,16-18,24H,5-10,12H2,2-3H3;1-2,5H,3-4H2. The Labute approximate surface area is 237 Å². The normalized spacial score (nSPS) is 35.3. The number of carbonyl (C=O) groups excluding carboxylic acids is 1. The van der Waals surface area contributed by atoms with Crippen LogP contribution in [0.4, 0.5) is 10.7 Å². The Morgan fingerprint density at radius 3 is 2.78 bits per heavy atom. The van der Waals surface area contributed by atoms with Crippen molar-refractivity contribution in [2.45, 2.75) is 64.4 Å². The molecule has 1 saturated heterocycles. The highest BCUT2D eigenvalue weighted by molar-refractivity contribution is 5.78. The molecule has 11 nitrogen and oxygen atoms in total. The number of nitro groups is 1. The van der Waals surface area contributed by atoms with Gasteiger partial charge >= 0.3 is 12.0 Å². The highest BCUT2D eigenvalue weighted by Gasteiger charge is 2.63. The van der Waals surface area contributed by atoms with Crippen LogP contribution < -0.4 is 0 Å². The number of ether oxygens (including phenoxy) is 1. The van der Waals surface area contributed by atoms with E-state index in [0.29, 0.717) is 24.3 Å². The number of amides is 1. The smallest absolute Gasteiger partial charge is 0.433 e. The SMILES string of the molecule is C#CC1(O)CCC2C3CCC4=Cc5oncc5CC4(C)C3CCC21C.O=C1OCCN1N=Cc1ccc([N+](=O)[O-])o1. The highest BCUT2D eigenvalue weighted by Crippen LogP contribution is 2.67. The molecular weight excluding hydrogens is 528 g/mol. The topological polar surface area (TPSA) is 144 Å². The summed E-state index contributed by atoms with van der Waals surface area (Å²) in [5.41, 5.74) is 1.99. The van der Waals surface area contributed by atoms with E-state index in [4.69, 9.17) is 15.4 Å². The van der Waals surface area contributed by atoms with Crippen molar-refractivity contribution in [3.8, 4) is 12.3 Å². The molecule has 2 aromatic rings. The molecule has 3 heterocycles.